The molecule has 0 radical (unpaired) electrons. The Hall–Kier alpha value is -1.28. The molecule has 0 saturated heterocycles. The fraction of sp³-hybridized carbons (Fsp3) is 0.182. The maximum atomic E-state index is 5.87. The number of hydrogen-bond donors (Lipinski definition) is 0. The molecule has 0 spiro atoms. The van der Waals surface area contributed by atoms with Crippen LogP contribution in [0.4, 0.5) is 5.69 Å². The van der Waals surface area contributed by atoms with E-state index in [1.54, 1.807) is 0 Å². The third-order valence-electron chi connectivity index (χ3n) is 2.14. The predicted octanol–water partition coefficient (Wildman–Crippen LogP) is 3.00. The van der Waals surface area contributed by atoms with Crippen LogP contribution in [0.5, 0.6) is 0 Å². The molecule has 1 aromatic carbocycles. The third kappa shape index (κ3) is 1.80. The van der Waals surface area contributed by atoms with Gasteiger partial charge in [0, 0.05) is 18.1 Å². The summed E-state index contributed by atoms with van der Waals surface area (Å²) in [7, 11) is 0. The molecular formula is C11H11ClN2. The first kappa shape index (κ1) is 9.28. The molecule has 0 N–H and O–H groups in total. The van der Waals surface area contributed by atoms with Gasteiger partial charge in [0.1, 0.15) is 0 Å². The van der Waals surface area contributed by atoms with Gasteiger partial charge in [-0.15, -0.1) is 6.58 Å². The van der Waals surface area contributed by atoms with Crippen LogP contribution in [-0.2, 0) is 6.54 Å². The molecule has 0 unspecified atom stereocenters. The van der Waals surface area contributed by atoms with E-state index in [0.29, 0.717) is 0 Å². The number of aliphatic imine (C=N–C) groups is 1. The number of halogens is 1. The normalized spacial score (nSPS) is 13.9. The van der Waals surface area contributed by atoms with Crippen LogP contribution in [0, 0.1) is 0 Å². The molecule has 0 aromatic heterocycles. The highest BCUT2D eigenvalue weighted by atomic mass is 35.5. The molecule has 14 heavy (non-hydrogen) atoms. The highest BCUT2D eigenvalue weighted by Crippen LogP contribution is 2.27. The number of fused-ring (bicyclic) bond motifs is 1. The first-order valence-corrected chi connectivity index (χ1v) is 4.85. The van der Waals surface area contributed by atoms with E-state index in [1.165, 1.54) is 5.56 Å². The first-order chi connectivity index (χ1) is 6.79. The van der Waals surface area contributed by atoms with Crippen molar-refractivity contribution in [2.75, 3.05) is 6.54 Å². The van der Waals surface area contributed by atoms with Gasteiger partial charge in [-0.05, 0) is 17.7 Å². The van der Waals surface area contributed by atoms with Crippen LogP contribution < -0.4 is 0 Å². The Morgan fingerprint density at radius 2 is 2.43 bits per heavy atom. The van der Waals surface area contributed by atoms with Gasteiger partial charge in [-0.2, -0.15) is 0 Å². The topological polar surface area (TPSA) is 15.6 Å². The van der Waals surface area contributed by atoms with Crippen molar-refractivity contribution >= 4 is 23.6 Å². The first-order valence-electron chi connectivity index (χ1n) is 4.47. The highest BCUT2D eigenvalue weighted by Gasteiger charge is 2.10. The zero-order chi connectivity index (χ0) is 9.97. The third-order valence-corrected chi connectivity index (χ3v) is 2.38. The van der Waals surface area contributed by atoms with Gasteiger partial charge in [0.15, 0.2) is 0 Å². The lowest BCUT2D eigenvalue weighted by atomic mass is 10.1. The van der Waals surface area contributed by atoms with Crippen LogP contribution in [0.3, 0.4) is 0 Å². The summed E-state index contributed by atoms with van der Waals surface area (Å²) >= 11 is 5.87. The number of hydrogen-bond acceptors (Lipinski definition) is 2. The van der Waals surface area contributed by atoms with Crippen molar-refractivity contribution in [3.63, 3.8) is 0 Å². The van der Waals surface area contributed by atoms with Gasteiger partial charge in [0.25, 0.3) is 0 Å². The molecule has 0 saturated carbocycles. The lowest BCUT2D eigenvalue weighted by Gasteiger charge is -2.22. The average molecular weight is 207 g/mol. The monoisotopic (exact) mass is 206 g/mol. The Morgan fingerprint density at radius 1 is 1.57 bits per heavy atom. The van der Waals surface area contributed by atoms with E-state index in [-0.39, 0.29) is 0 Å². The Kier molecular flexibility index (Phi) is 2.55. The quantitative estimate of drug-likeness (QED) is 0.680. The zero-order valence-corrected chi connectivity index (χ0v) is 8.54. The summed E-state index contributed by atoms with van der Waals surface area (Å²) in [6.07, 6.45) is 3.70. The Bertz CT molecular complexity index is 385. The second-order valence-electron chi connectivity index (χ2n) is 3.24. The number of rotatable bonds is 2. The van der Waals surface area contributed by atoms with E-state index in [2.05, 4.69) is 16.5 Å². The van der Waals surface area contributed by atoms with Crippen LogP contribution in [0.15, 0.2) is 35.8 Å². The van der Waals surface area contributed by atoms with Crippen LogP contribution in [0.1, 0.15) is 5.56 Å². The van der Waals surface area contributed by atoms with Gasteiger partial charge in [-0.25, -0.2) is 4.99 Å². The number of nitrogens with zero attached hydrogens (tertiary/aromatic N) is 2. The molecule has 1 aliphatic heterocycles. The van der Waals surface area contributed by atoms with Crippen molar-refractivity contribution in [1.82, 2.24) is 4.90 Å². The van der Waals surface area contributed by atoms with Crippen LogP contribution >= 0.6 is 11.6 Å². The summed E-state index contributed by atoms with van der Waals surface area (Å²) in [6.45, 7) is 5.40. The van der Waals surface area contributed by atoms with Crippen molar-refractivity contribution in [1.29, 1.82) is 0 Å². The average Bonchev–Trinajstić information content (AvgIpc) is 2.19. The van der Waals surface area contributed by atoms with Crippen LogP contribution in [0.2, 0.25) is 5.02 Å². The van der Waals surface area contributed by atoms with Crippen molar-refractivity contribution in [2.24, 2.45) is 4.99 Å². The summed E-state index contributed by atoms with van der Waals surface area (Å²) in [5.74, 6) is 0. The second kappa shape index (κ2) is 3.84. The van der Waals surface area contributed by atoms with Gasteiger partial charge in [0.05, 0.1) is 12.0 Å². The SMILES string of the molecule is C=CCN1C=Nc2cc(Cl)ccc2C1. The van der Waals surface area contributed by atoms with Crippen LogP contribution in [-0.4, -0.2) is 17.8 Å². The zero-order valence-electron chi connectivity index (χ0n) is 7.78. The molecule has 0 bridgehead atoms. The lowest BCUT2D eigenvalue weighted by Crippen LogP contribution is -2.23. The second-order valence-corrected chi connectivity index (χ2v) is 3.67. The van der Waals surface area contributed by atoms with E-state index in [9.17, 15) is 0 Å². The summed E-state index contributed by atoms with van der Waals surface area (Å²) in [5, 5.41) is 0.734. The van der Waals surface area contributed by atoms with E-state index < -0.39 is 0 Å². The van der Waals surface area contributed by atoms with Crippen molar-refractivity contribution in [3.8, 4) is 0 Å². The lowest BCUT2D eigenvalue weighted by molar-refractivity contribution is 0.465. The number of benzene rings is 1. The molecule has 0 atom stereocenters. The van der Waals surface area contributed by atoms with E-state index in [0.717, 1.165) is 23.8 Å². The largest absolute Gasteiger partial charge is 0.354 e. The molecular weight excluding hydrogens is 196 g/mol. The van der Waals surface area contributed by atoms with Gasteiger partial charge in [0.2, 0.25) is 0 Å². The molecule has 3 heteroatoms. The van der Waals surface area contributed by atoms with Gasteiger partial charge in [-0.3, -0.25) is 0 Å². The fourth-order valence-corrected chi connectivity index (χ4v) is 1.64. The minimum atomic E-state index is 0.734. The Morgan fingerprint density at radius 3 is 3.21 bits per heavy atom. The maximum Gasteiger partial charge on any atom is 0.0918 e. The Balaban J connectivity index is 2.26. The molecule has 72 valence electrons. The minimum absolute atomic E-state index is 0.734. The molecule has 0 fully saturated rings. The molecule has 2 nitrogen and oxygen atoms in total. The van der Waals surface area contributed by atoms with Crippen molar-refractivity contribution < 1.29 is 0 Å². The molecule has 1 aliphatic rings. The molecule has 1 heterocycles. The van der Waals surface area contributed by atoms with Crippen molar-refractivity contribution in [2.45, 2.75) is 6.54 Å². The van der Waals surface area contributed by atoms with E-state index in [1.807, 2.05) is 30.6 Å². The minimum Gasteiger partial charge on any atom is -0.354 e. The molecule has 0 amide bonds. The standard InChI is InChI=1S/C11H11ClN2/c1-2-5-14-7-9-3-4-10(12)6-11(9)13-8-14/h2-4,6,8H,1,5,7H2. The van der Waals surface area contributed by atoms with Gasteiger partial charge >= 0.3 is 0 Å². The van der Waals surface area contributed by atoms with Gasteiger partial charge < -0.3 is 4.90 Å². The Labute approximate surface area is 88.5 Å². The summed E-state index contributed by atoms with van der Waals surface area (Å²) in [5.41, 5.74) is 2.18. The van der Waals surface area contributed by atoms with Gasteiger partial charge in [-0.1, -0.05) is 23.7 Å². The predicted molar refractivity (Wildman–Crippen MR) is 60.2 cm³/mol. The summed E-state index contributed by atoms with van der Waals surface area (Å²) in [6, 6.07) is 5.80. The maximum absolute atomic E-state index is 5.87. The fourth-order valence-electron chi connectivity index (χ4n) is 1.47. The molecule has 2 rings (SSSR count). The molecule has 1 aromatic rings. The smallest absolute Gasteiger partial charge is 0.0918 e. The van der Waals surface area contributed by atoms with E-state index in [4.69, 9.17) is 11.6 Å². The van der Waals surface area contributed by atoms with E-state index >= 15 is 0 Å². The van der Waals surface area contributed by atoms with Crippen molar-refractivity contribution in [3.05, 3.63) is 41.4 Å². The molecule has 0 aliphatic carbocycles. The summed E-state index contributed by atoms with van der Waals surface area (Å²) < 4.78 is 0. The summed E-state index contributed by atoms with van der Waals surface area (Å²) in [4.78, 5) is 6.42. The highest BCUT2D eigenvalue weighted by molar-refractivity contribution is 6.30. The van der Waals surface area contributed by atoms with Crippen LogP contribution in [0.25, 0.3) is 0 Å².